The Morgan fingerprint density at radius 2 is 2.05 bits per heavy atom. The van der Waals surface area contributed by atoms with E-state index in [1.807, 2.05) is 6.26 Å². The van der Waals surface area contributed by atoms with Crippen molar-refractivity contribution in [2.75, 3.05) is 6.54 Å². The summed E-state index contributed by atoms with van der Waals surface area (Å²) >= 11 is 0. The maximum atomic E-state index is 5.21. The highest BCUT2D eigenvalue weighted by Crippen LogP contribution is 2.21. The van der Waals surface area contributed by atoms with Crippen LogP contribution in [0.2, 0.25) is 0 Å². The molecule has 1 heterocycles. The molecule has 1 aromatic carbocycles. The molecule has 3 rings (SSSR count). The van der Waals surface area contributed by atoms with Gasteiger partial charge in [-0.2, -0.15) is 0 Å². The van der Waals surface area contributed by atoms with E-state index in [9.17, 15) is 0 Å². The molecule has 20 heavy (non-hydrogen) atoms. The van der Waals surface area contributed by atoms with Crippen LogP contribution >= 0.6 is 0 Å². The average Bonchev–Trinajstić information content (AvgIpc) is 3.15. The number of benzene rings is 1. The minimum absolute atomic E-state index is 0.634. The highest BCUT2D eigenvalue weighted by Gasteiger charge is 2.22. The Hall–Kier alpha value is -1.54. The summed E-state index contributed by atoms with van der Waals surface area (Å²) in [5.41, 5.74) is 4.18. The van der Waals surface area contributed by atoms with Gasteiger partial charge >= 0.3 is 0 Å². The monoisotopic (exact) mass is 269 g/mol. The Labute approximate surface area is 121 Å². The zero-order chi connectivity index (χ0) is 13.8. The summed E-state index contributed by atoms with van der Waals surface area (Å²) in [5.74, 6) is 0.634. The van der Waals surface area contributed by atoms with Gasteiger partial charge in [0.1, 0.15) is 0 Å². The second-order valence-corrected chi connectivity index (χ2v) is 6.01. The molecule has 1 atom stereocenters. The standard InChI is InChI=1S/C18H23NO/c1-14-4-2-3-5-17(14)11-16(12-19-18-6-7-18)10-15-8-9-20-13-15/h2-5,8-9,13,16,18-19H,6-7,10-12H2,1H3. The predicted molar refractivity (Wildman–Crippen MR) is 81.8 cm³/mol. The third-order valence-electron chi connectivity index (χ3n) is 4.15. The van der Waals surface area contributed by atoms with Gasteiger partial charge in [-0.1, -0.05) is 24.3 Å². The largest absolute Gasteiger partial charge is 0.472 e. The van der Waals surface area contributed by atoms with Gasteiger partial charge in [0.25, 0.3) is 0 Å². The highest BCUT2D eigenvalue weighted by molar-refractivity contribution is 5.26. The molecular formula is C18H23NO. The zero-order valence-electron chi connectivity index (χ0n) is 12.1. The van der Waals surface area contributed by atoms with Crippen molar-refractivity contribution in [2.24, 2.45) is 5.92 Å². The third-order valence-corrected chi connectivity index (χ3v) is 4.15. The van der Waals surface area contributed by atoms with Gasteiger partial charge in [-0.25, -0.2) is 0 Å². The molecule has 1 unspecified atom stereocenters. The molecule has 2 nitrogen and oxygen atoms in total. The molecule has 0 amide bonds. The fraction of sp³-hybridized carbons (Fsp3) is 0.444. The summed E-state index contributed by atoms with van der Waals surface area (Å²) < 4.78 is 5.21. The Balaban J connectivity index is 1.65. The Morgan fingerprint density at radius 3 is 2.75 bits per heavy atom. The number of hydrogen-bond donors (Lipinski definition) is 1. The summed E-state index contributed by atoms with van der Waals surface area (Å²) in [4.78, 5) is 0. The van der Waals surface area contributed by atoms with E-state index in [0.29, 0.717) is 5.92 Å². The fourth-order valence-corrected chi connectivity index (χ4v) is 2.73. The van der Waals surface area contributed by atoms with Gasteiger partial charge in [0.05, 0.1) is 12.5 Å². The minimum Gasteiger partial charge on any atom is -0.472 e. The quantitative estimate of drug-likeness (QED) is 0.828. The van der Waals surface area contributed by atoms with Crippen LogP contribution in [0, 0.1) is 12.8 Å². The van der Waals surface area contributed by atoms with Crippen molar-refractivity contribution in [3.8, 4) is 0 Å². The van der Waals surface area contributed by atoms with Crippen LogP contribution in [0.15, 0.2) is 47.3 Å². The molecule has 1 fully saturated rings. The SMILES string of the molecule is Cc1ccccc1CC(CNC1CC1)Cc1ccoc1. The van der Waals surface area contributed by atoms with Crippen molar-refractivity contribution < 1.29 is 4.42 Å². The third kappa shape index (κ3) is 3.73. The van der Waals surface area contributed by atoms with Crippen molar-refractivity contribution >= 4 is 0 Å². The van der Waals surface area contributed by atoms with Gasteiger partial charge < -0.3 is 9.73 Å². The van der Waals surface area contributed by atoms with Gasteiger partial charge in [-0.05, 0) is 67.8 Å². The number of hydrogen-bond acceptors (Lipinski definition) is 2. The second kappa shape index (κ2) is 6.27. The van der Waals surface area contributed by atoms with Gasteiger partial charge in [-0.15, -0.1) is 0 Å². The molecule has 1 aliphatic rings. The maximum absolute atomic E-state index is 5.21. The van der Waals surface area contributed by atoms with E-state index in [-0.39, 0.29) is 0 Å². The van der Waals surface area contributed by atoms with E-state index >= 15 is 0 Å². The minimum atomic E-state index is 0.634. The molecule has 2 heteroatoms. The molecule has 0 aliphatic heterocycles. The number of furan rings is 1. The first-order valence-electron chi connectivity index (χ1n) is 7.60. The molecule has 0 bridgehead atoms. The predicted octanol–water partition coefficient (Wildman–Crippen LogP) is 3.74. The van der Waals surface area contributed by atoms with Gasteiger partial charge in [0.15, 0.2) is 0 Å². The molecule has 1 N–H and O–H groups in total. The number of rotatable bonds is 7. The van der Waals surface area contributed by atoms with Crippen molar-refractivity contribution in [2.45, 2.75) is 38.6 Å². The molecule has 106 valence electrons. The van der Waals surface area contributed by atoms with E-state index in [0.717, 1.165) is 25.4 Å². The summed E-state index contributed by atoms with van der Waals surface area (Å²) in [6.07, 6.45) is 8.57. The first-order valence-corrected chi connectivity index (χ1v) is 7.60. The molecule has 1 aromatic heterocycles. The number of aryl methyl sites for hydroxylation is 1. The van der Waals surface area contributed by atoms with Crippen molar-refractivity contribution in [3.05, 3.63) is 59.5 Å². The van der Waals surface area contributed by atoms with Gasteiger partial charge in [0, 0.05) is 6.04 Å². The van der Waals surface area contributed by atoms with E-state index in [2.05, 4.69) is 42.6 Å². The van der Waals surface area contributed by atoms with Crippen LogP contribution in [0.5, 0.6) is 0 Å². The van der Waals surface area contributed by atoms with E-state index < -0.39 is 0 Å². The molecular weight excluding hydrogens is 246 g/mol. The first kappa shape index (κ1) is 13.4. The van der Waals surface area contributed by atoms with Gasteiger partial charge in [0.2, 0.25) is 0 Å². The van der Waals surface area contributed by atoms with Crippen LogP contribution in [-0.4, -0.2) is 12.6 Å². The maximum Gasteiger partial charge on any atom is 0.0934 e. The Kier molecular flexibility index (Phi) is 4.22. The second-order valence-electron chi connectivity index (χ2n) is 6.01. The van der Waals surface area contributed by atoms with Crippen LogP contribution in [0.25, 0.3) is 0 Å². The summed E-state index contributed by atoms with van der Waals surface area (Å²) in [6.45, 7) is 3.31. The molecule has 1 saturated carbocycles. The van der Waals surface area contributed by atoms with Crippen molar-refractivity contribution in [3.63, 3.8) is 0 Å². The van der Waals surface area contributed by atoms with Crippen LogP contribution in [0.4, 0.5) is 0 Å². The Bertz CT molecular complexity index is 528. The van der Waals surface area contributed by atoms with E-state index in [1.165, 1.54) is 29.5 Å². The summed E-state index contributed by atoms with van der Waals surface area (Å²) in [7, 11) is 0. The molecule has 1 aliphatic carbocycles. The summed E-state index contributed by atoms with van der Waals surface area (Å²) in [6, 6.07) is 11.6. The normalized spacial score (nSPS) is 16.2. The highest BCUT2D eigenvalue weighted by atomic mass is 16.3. The lowest BCUT2D eigenvalue weighted by Gasteiger charge is -2.18. The smallest absolute Gasteiger partial charge is 0.0934 e. The lowest BCUT2D eigenvalue weighted by atomic mass is 9.91. The molecule has 2 aromatic rings. The molecule has 0 spiro atoms. The number of nitrogens with one attached hydrogen (secondary N) is 1. The topological polar surface area (TPSA) is 25.2 Å². The van der Waals surface area contributed by atoms with Gasteiger partial charge in [-0.3, -0.25) is 0 Å². The van der Waals surface area contributed by atoms with Crippen LogP contribution in [-0.2, 0) is 12.8 Å². The average molecular weight is 269 g/mol. The fourth-order valence-electron chi connectivity index (χ4n) is 2.73. The first-order chi connectivity index (χ1) is 9.81. The van der Waals surface area contributed by atoms with E-state index in [4.69, 9.17) is 4.42 Å². The van der Waals surface area contributed by atoms with E-state index in [1.54, 1.807) is 6.26 Å². The summed E-state index contributed by atoms with van der Waals surface area (Å²) in [5, 5.41) is 3.68. The van der Waals surface area contributed by atoms with Crippen molar-refractivity contribution in [1.82, 2.24) is 5.32 Å². The van der Waals surface area contributed by atoms with Crippen LogP contribution in [0.3, 0.4) is 0 Å². The zero-order valence-corrected chi connectivity index (χ0v) is 12.1. The lowest BCUT2D eigenvalue weighted by molar-refractivity contribution is 0.465. The van der Waals surface area contributed by atoms with Crippen LogP contribution in [0.1, 0.15) is 29.5 Å². The van der Waals surface area contributed by atoms with Crippen molar-refractivity contribution in [1.29, 1.82) is 0 Å². The molecule has 0 saturated heterocycles. The Morgan fingerprint density at radius 1 is 1.20 bits per heavy atom. The lowest BCUT2D eigenvalue weighted by Crippen LogP contribution is -2.27. The molecule has 0 radical (unpaired) electrons. The van der Waals surface area contributed by atoms with Crippen LogP contribution < -0.4 is 5.32 Å².